The molecule has 2 rings (SSSR count). The normalized spacial score (nSPS) is 11.8. The highest BCUT2D eigenvalue weighted by Gasteiger charge is 2.09. The van der Waals surface area contributed by atoms with E-state index in [2.05, 4.69) is 20.8 Å². The third kappa shape index (κ3) is 14.1. The largest absolute Gasteiger partial charge is 0.494 e. The molecule has 0 aliphatic rings. The van der Waals surface area contributed by atoms with E-state index in [0.717, 1.165) is 56.6 Å². The first-order valence-electron chi connectivity index (χ1n) is 14.4. The van der Waals surface area contributed by atoms with Gasteiger partial charge in [-0.1, -0.05) is 58.8 Å². The molecule has 0 fully saturated rings. The summed E-state index contributed by atoms with van der Waals surface area (Å²) < 4.78 is 22.9. The van der Waals surface area contributed by atoms with Crippen molar-refractivity contribution in [3.8, 4) is 17.2 Å². The quantitative estimate of drug-likeness (QED) is 0.0950. The van der Waals surface area contributed by atoms with E-state index in [-0.39, 0.29) is 5.97 Å². The van der Waals surface area contributed by atoms with Gasteiger partial charge in [-0.2, -0.15) is 0 Å². The zero-order chi connectivity index (χ0) is 26.6. The SMILES string of the molecule is CCCCCCCCOc1ccc(C(=O)Oc2ccc(OCCCCCC(C)OCCCC)cc2)cc1. The van der Waals surface area contributed by atoms with E-state index < -0.39 is 0 Å². The molecule has 0 amide bonds. The van der Waals surface area contributed by atoms with Gasteiger partial charge in [-0.25, -0.2) is 4.79 Å². The van der Waals surface area contributed by atoms with Crippen LogP contribution in [0.3, 0.4) is 0 Å². The van der Waals surface area contributed by atoms with Crippen molar-refractivity contribution in [1.29, 1.82) is 0 Å². The van der Waals surface area contributed by atoms with E-state index >= 15 is 0 Å². The molecule has 5 nitrogen and oxygen atoms in total. The fourth-order valence-electron chi connectivity index (χ4n) is 3.94. The van der Waals surface area contributed by atoms with Crippen molar-refractivity contribution in [2.24, 2.45) is 0 Å². The van der Waals surface area contributed by atoms with Gasteiger partial charge in [0.1, 0.15) is 17.2 Å². The van der Waals surface area contributed by atoms with Crippen LogP contribution in [0.1, 0.15) is 108 Å². The number of hydrogen-bond acceptors (Lipinski definition) is 5. The zero-order valence-corrected chi connectivity index (χ0v) is 23.3. The summed E-state index contributed by atoms with van der Waals surface area (Å²) in [5.41, 5.74) is 0.498. The van der Waals surface area contributed by atoms with E-state index in [4.69, 9.17) is 18.9 Å². The summed E-state index contributed by atoms with van der Waals surface area (Å²) in [6.45, 7) is 8.82. The maximum absolute atomic E-state index is 12.5. The topological polar surface area (TPSA) is 54.0 Å². The Balaban J connectivity index is 1.60. The molecule has 206 valence electrons. The second-order valence-electron chi connectivity index (χ2n) is 9.73. The summed E-state index contributed by atoms with van der Waals surface area (Å²) in [5.74, 6) is 1.67. The van der Waals surface area contributed by atoms with E-state index in [9.17, 15) is 4.79 Å². The number of carbonyl (C=O) groups is 1. The molecular weight excluding hydrogens is 464 g/mol. The second kappa shape index (κ2) is 19.6. The minimum atomic E-state index is -0.385. The van der Waals surface area contributed by atoms with Crippen molar-refractivity contribution in [3.63, 3.8) is 0 Å². The standard InChI is InChI=1S/C32H48O5/c1-4-6-8-9-10-13-25-35-29-18-16-28(17-19-29)32(33)37-31-22-20-30(21-23-31)36-26-14-11-12-15-27(3)34-24-7-5-2/h16-23,27H,4-15,24-26H2,1-3H3. The van der Waals surface area contributed by atoms with Crippen LogP contribution in [0.4, 0.5) is 0 Å². The summed E-state index contributed by atoms with van der Waals surface area (Å²) in [6.07, 6.45) is 14.4. The van der Waals surface area contributed by atoms with Gasteiger partial charge < -0.3 is 18.9 Å². The van der Waals surface area contributed by atoms with Crippen molar-refractivity contribution < 1.29 is 23.7 Å². The van der Waals surface area contributed by atoms with Crippen LogP contribution in [-0.2, 0) is 4.74 Å². The maximum atomic E-state index is 12.5. The molecule has 1 unspecified atom stereocenters. The molecule has 0 spiro atoms. The highest BCUT2D eigenvalue weighted by molar-refractivity contribution is 5.91. The van der Waals surface area contributed by atoms with Crippen molar-refractivity contribution in [1.82, 2.24) is 0 Å². The Labute approximate surface area is 224 Å². The third-order valence-electron chi connectivity index (χ3n) is 6.31. The van der Waals surface area contributed by atoms with Crippen LogP contribution < -0.4 is 14.2 Å². The number of rotatable bonds is 21. The molecule has 2 aromatic carbocycles. The van der Waals surface area contributed by atoms with Crippen LogP contribution >= 0.6 is 0 Å². The first kappa shape index (κ1) is 30.7. The maximum Gasteiger partial charge on any atom is 0.343 e. The third-order valence-corrected chi connectivity index (χ3v) is 6.31. The summed E-state index contributed by atoms with van der Waals surface area (Å²) in [5, 5.41) is 0. The number of carbonyl (C=O) groups excluding carboxylic acids is 1. The van der Waals surface area contributed by atoms with E-state index in [0.29, 0.717) is 30.6 Å². The van der Waals surface area contributed by atoms with Crippen LogP contribution in [-0.4, -0.2) is 31.9 Å². The first-order chi connectivity index (χ1) is 18.1. The van der Waals surface area contributed by atoms with Gasteiger partial charge in [-0.3, -0.25) is 0 Å². The molecule has 0 N–H and O–H groups in total. The van der Waals surface area contributed by atoms with Gasteiger partial charge in [0.05, 0.1) is 24.9 Å². The van der Waals surface area contributed by atoms with Crippen molar-refractivity contribution >= 4 is 5.97 Å². The lowest BCUT2D eigenvalue weighted by molar-refractivity contribution is 0.0564. The Kier molecular flexibility index (Phi) is 16.2. The molecule has 1 atom stereocenters. The predicted octanol–water partition coefficient (Wildman–Crippen LogP) is 8.79. The van der Waals surface area contributed by atoms with Gasteiger partial charge >= 0.3 is 5.97 Å². The minimum absolute atomic E-state index is 0.337. The number of hydrogen-bond donors (Lipinski definition) is 0. The number of ether oxygens (including phenoxy) is 4. The molecule has 37 heavy (non-hydrogen) atoms. The highest BCUT2D eigenvalue weighted by atomic mass is 16.5. The number of benzene rings is 2. The average molecular weight is 513 g/mol. The molecule has 0 aliphatic heterocycles. The van der Waals surface area contributed by atoms with Crippen LogP contribution in [0.25, 0.3) is 0 Å². The molecule has 2 aromatic rings. The molecule has 0 saturated carbocycles. The smallest absolute Gasteiger partial charge is 0.343 e. The van der Waals surface area contributed by atoms with Gasteiger partial charge in [0, 0.05) is 6.61 Å². The fourth-order valence-corrected chi connectivity index (χ4v) is 3.94. The fraction of sp³-hybridized carbons (Fsp3) is 0.594. The number of esters is 1. The van der Waals surface area contributed by atoms with Gasteiger partial charge in [-0.15, -0.1) is 0 Å². The highest BCUT2D eigenvalue weighted by Crippen LogP contribution is 2.20. The lowest BCUT2D eigenvalue weighted by Crippen LogP contribution is -2.09. The van der Waals surface area contributed by atoms with Crippen LogP contribution in [0.15, 0.2) is 48.5 Å². The van der Waals surface area contributed by atoms with Gasteiger partial charge in [-0.05, 0) is 87.6 Å². The molecule has 0 heterocycles. The Hall–Kier alpha value is -2.53. The van der Waals surface area contributed by atoms with Crippen LogP contribution in [0.5, 0.6) is 17.2 Å². The Morgan fingerprint density at radius 3 is 1.76 bits per heavy atom. The van der Waals surface area contributed by atoms with Gasteiger partial charge in [0.2, 0.25) is 0 Å². The average Bonchev–Trinajstić information content (AvgIpc) is 2.91. The predicted molar refractivity (Wildman–Crippen MR) is 151 cm³/mol. The second-order valence-corrected chi connectivity index (χ2v) is 9.73. The van der Waals surface area contributed by atoms with E-state index in [1.54, 1.807) is 24.3 Å². The summed E-state index contributed by atoms with van der Waals surface area (Å²) in [4.78, 5) is 12.5. The molecule has 0 aromatic heterocycles. The van der Waals surface area contributed by atoms with E-state index in [1.807, 2.05) is 24.3 Å². The lowest BCUT2D eigenvalue weighted by Gasteiger charge is -2.12. The molecule has 0 saturated heterocycles. The van der Waals surface area contributed by atoms with Gasteiger partial charge in [0.25, 0.3) is 0 Å². The summed E-state index contributed by atoms with van der Waals surface area (Å²) >= 11 is 0. The molecule has 0 radical (unpaired) electrons. The van der Waals surface area contributed by atoms with Crippen molar-refractivity contribution in [3.05, 3.63) is 54.1 Å². The van der Waals surface area contributed by atoms with E-state index in [1.165, 1.54) is 38.5 Å². The van der Waals surface area contributed by atoms with Crippen LogP contribution in [0.2, 0.25) is 0 Å². The van der Waals surface area contributed by atoms with Crippen molar-refractivity contribution in [2.45, 2.75) is 104 Å². The monoisotopic (exact) mass is 512 g/mol. The Morgan fingerprint density at radius 1 is 0.622 bits per heavy atom. The summed E-state index contributed by atoms with van der Waals surface area (Å²) in [6, 6.07) is 14.3. The number of unbranched alkanes of at least 4 members (excludes halogenated alkanes) is 8. The van der Waals surface area contributed by atoms with Gasteiger partial charge in [0.15, 0.2) is 0 Å². The minimum Gasteiger partial charge on any atom is -0.494 e. The Bertz CT molecular complexity index is 831. The van der Waals surface area contributed by atoms with Crippen molar-refractivity contribution in [2.75, 3.05) is 19.8 Å². The Morgan fingerprint density at radius 2 is 1.14 bits per heavy atom. The zero-order valence-electron chi connectivity index (χ0n) is 23.3. The molecule has 0 aliphatic carbocycles. The summed E-state index contributed by atoms with van der Waals surface area (Å²) in [7, 11) is 0. The molecular formula is C32H48O5. The van der Waals surface area contributed by atoms with Crippen LogP contribution in [0, 0.1) is 0 Å². The molecule has 5 heteroatoms. The lowest BCUT2D eigenvalue weighted by atomic mass is 10.1. The molecule has 0 bridgehead atoms. The first-order valence-corrected chi connectivity index (χ1v) is 14.4.